The first kappa shape index (κ1) is 7.45. The molecule has 0 aliphatic carbocycles. The van der Waals surface area contributed by atoms with Gasteiger partial charge < -0.3 is 24.8 Å². The minimum atomic E-state index is -0.917. The predicted octanol–water partition coefficient (Wildman–Crippen LogP) is -2.18. The molecule has 0 aromatic rings. The smallest absolute Gasteiger partial charge is 0.187 e. The van der Waals surface area contributed by atoms with E-state index >= 15 is 0 Å². The molecular weight excluding hydrogens is 152 g/mol. The summed E-state index contributed by atoms with van der Waals surface area (Å²) in [6.45, 7) is -0.246. The van der Waals surface area contributed by atoms with Gasteiger partial charge in [-0.2, -0.15) is 0 Å². The lowest BCUT2D eigenvalue weighted by Gasteiger charge is -2.51. The molecule has 2 bridgehead atoms. The van der Waals surface area contributed by atoms with E-state index in [1.165, 1.54) is 0 Å². The van der Waals surface area contributed by atoms with Crippen molar-refractivity contribution >= 4 is 0 Å². The molecular formula is C6H10O5. The van der Waals surface area contributed by atoms with E-state index in [1.54, 1.807) is 0 Å². The summed E-state index contributed by atoms with van der Waals surface area (Å²) in [6.07, 6.45) is -3.50. The number of hydrogen-bond donors (Lipinski definition) is 3. The first-order valence-electron chi connectivity index (χ1n) is 3.52. The maximum absolute atomic E-state index is 9.28. The van der Waals surface area contributed by atoms with Crippen LogP contribution in [0.4, 0.5) is 0 Å². The van der Waals surface area contributed by atoms with Crippen molar-refractivity contribution in [2.75, 3.05) is 6.61 Å². The zero-order valence-electron chi connectivity index (χ0n) is 5.75. The van der Waals surface area contributed by atoms with E-state index in [0.717, 1.165) is 0 Å². The molecule has 5 nitrogen and oxygen atoms in total. The third-order valence-electron chi connectivity index (χ3n) is 2.11. The molecule has 0 aromatic carbocycles. The van der Waals surface area contributed by atoms with Crippen LogP contribution in [0.5, 0.6) is 0 Å². The Hall–Kier alpha value is -0.200. The van der Waals surface area contributed by atoms with Crippen molar-refractivity contribution in [2.45, 2.75) is 30.7 Å². The molecule has 3 aliphatic rings. The largest absolute Gasteiger partial charge is 0.394 e. The molecule has 64 valence electrons. The Kier molecular flexibility index (Phi) is 1.62. The molecule has 3 aliphatic heterocycles. The van der Waals surface area contributed by atoms with Crippen LogP contribution >= 0.6 is 0 Å². The zero-order chi connectivity index (χ0) is 8.01. The average molecular weight is 162 g/mol. The van der Waals surface area contributed by atoms with Gasteiger partial charge in [0.05, 0.1) is 6.61 Å². The number of rotatable bonds is 1. The molecule has 0 saturated carbocycles. The van der Waals surface area contributed by atoms with E-state index in [9.17, 15) is 5.11 Å². The van der Waals surface area contributed by atoms with Crippen LogP contribution in [0.2, 0.25) is 0 Å². The highest BCUT2D eigenvalue weighted by Gasteiger charge is 2.54. The number of aliphatic hydroxyl groups excluding tert-OH is 3. The Balaban J connectivity index is 2.03. The van der Waals surface area contributed by atoms with Crippen LogP contribution in [0.15, 0.2) is 0 Å². The van der Waals surface area contributed by atoms with Gasteiger partial charge in [-0.1, -0.05) is 0 Å². The highest BCUT2D eigenvalue weighted by Crippen LogP contribution is 2.33. The molecule has 5 heteroatoms. The van der Waals surface area contributed by atoms with E-state index < -0.39 is 30.7 Å². The van der Waals surface area contributed by atoms with Gasteiger partial charge >= 0.3 is 0 Å². The second kappa shape index (κ2) is 2.40. The normalized spacial score (nSPS) is 55.4. The molecule has 3 rings (SSSR count). The summed E-state index contributed by atoms with van der Waals surface area (Å²) in [7, 11) is 0. The molecule has 0 spiro atoms. The van der Waals surface area contributed by atoms with Crippen LogP contribution < -0.4 is 0 Å². The maximum Gasteiger partial charge on any atom is 0.187 e. The minimum absolute atomic E-state index is 0.246. The minimum Gasteiger partial charge on any atom is -0.394 e. The monoisotopic (exact) mass is 162 g/mol. The Morgan fingerprint density at radius 1 is 1.09 bits per heavy atom. The fourth-order valence-electron chi connectivity index (χ4n) is 1.39. The molecule has 0 aromatic heterocycles. The van der Waals surface area contributed by atoms with Gasteiger partial charge in [0.1, 0.15) is 24.4 Å². The Labute approximate surface area is 63.2 Å². The quantitative estimate of drug-likeness (QED) is 0.408. The van der Waals surface area contributed by atoms with E-state index in [0.29, 0.717) is 0 Å². The molecule has 3 heterocycles. The van der Waals surface area contributed by atoms with Gasteiger partial charge in [-0.3, -0.25) is 0 Å². The molecule has 3 saturated heterocycles. The van der Waals surface area contributed by atoms with E-state index in [4.69, 9.17) is 19.7 Å². The average Bonchev–Trinajstić information content (AvgIpc) is 2.03. The van der Waals surface area contributed by atoms with Crippen molar-refractivity contribution in [1.82, 2.24) is 0 Å². The number of aliphatic hydroxyl groups is 3. The molecule has 0 unspecified atom stereocenters. The molecule has 3 fully saturated rings. The predicted molar refractivity (Wildman–Crippen MR) is 32.6 cm³/mol. The van der Waals surface area contributed by atoms with E-state index in [2.05, 4.69) is 0 Å². The topological polar surface area (TPSA) is 79.2 Å². The lowest BCUT2D eigenvalue weighted by Crippen LogP contribution is -2.69. The first-order valence-corrected chi connectivity index (χ1v) is 3.52. The molecule has 11 heavy (non-hydrogen) atoms. The fourth-order valence-corrected chi connectivity index (χ4v) is 1.39. The van der Waals surface area contributed by atoms with Crippen LogP contribution in [0.25, 0.3) is 0 Å². The van der Waals surface area contributed by atoms with E-state index in [1.807, 2.05) is 0 Å². The van der Waals surface area contributed by atoms with Crippen LogP contribution in [-0.4, -0.2) is 52.6 Å². The molecule has 0 radical (unpaired) electrons. The highest BCUT2D eigenvalue weighted by molar-refractivity contribution is 4.97. The van der Waals surface area contributed by atoms with Crippen molar-refractivity contribution in [3.63, 3.8) is 0 Å². The Bertz CT molecular complexity index is 159. The van der Waals surface area contributed by atoms with E-state index in [-0.39, 0.29) is 6.61 Å². The van der Waals surface area contributed by atoms with Crippen molar-refractivity contribution < 1.29 is 24.8 Å². The van der Waals surface area contributed by atoms with Crippen LogP contribution in [-0.2, 0) is 9.47 Å². The first-order chi connectivity index (χ1) is 5.24. The van der Waals surface area contributed by atoms with Gasteiger partial charge in [0.15, 0.2) is 6.29 Å². The van der Waals surface area contributed by atoms with Crippen molar-refractivity contribution in [3.05, 3.63) is 0 Å². The summed E-state index contributed by atoms with van der Waals surface area (Å²) < 4.78 is 9.85. The van der Waals surface area contributed by atoms with Gasteiger partial charge in [0.2, 0.25) is 0 Å². The molecule has 0 amide bonds. The van der Waals surface area contributed by atoms with Crippen molar-refractivity contribution in [1.29, 1.82) is 0 Å². The zero-order valence-corrected chi connectivity index (χ0v) is 5.75. The second-order valence-electron chi connectivity index (χ2n) is 2.81. The SMILES string of the molecule is OC[C@H]1O[C@H]2O[C@H]([C@H]2O)[C@@H]1O. The maximum atomic E-state index is 9.28. The fraction of sp³-hybridized carbons (Fsp3) is 1.00. The Morgan fingerprint density at radius 3 is 2.27 bits per heavy atom. The highest BCUT2D eigenvalue weighted by atomic mass is 16.8. The molecule has 3 N–H and O–H groups in total. The van der Waals surface area contributed by atoms with Crippen LogP contribution in [0.1, 0.15) is 0 Å². The van der Waals surface area contributed by atoms with Crippen molar-refractivity contribution in [2.24, 2.45) is 0 Å². The van der Waals surface area contributed by atoms with Gasteiger partial charge in [-0.25, -0.2) is 0 Å². The molecule has 5 atom stereocenters. The van der Waals surface area contributed by atoms with Crippen LogP contribution in [0.3, 0.4) is 0 Å². The number of hydrogen-bond acceptors (Lipinski definition) is 5. The van der Waals surface area contributed by atoms with Crippen LogP contribution in [0, 0.1) is 0 Å². The number of ether oxygens (including phenoxy) is 2. The second-order valence-corrected chi connectivity index (χ2v) is 2.81. The third kappa shape index (κ3) is 0.896. The summed E-state index contributed by atoms with van der Waals surface area (Å²) in [6, 6.07) is 0. The van der Waals surface area contributed by atoms with Gasteiger partial charge in [0, 0.05) is 0 Å². The summed E-state index contributed by atoms with van der Waals surface area (Å²) in [5.41, 5.74) is 0. The van der Waals surface area contributed by atoms with Gasteiger partial charge in [0.25, 0.3) is 0 Å². The van der Waals surface area contributed by atoms with Gasteiger partial charge in [-0.15, -0.1) is 0 Å². The summed E-state index contributed by atoms with van der Waals surface area (Å²) in [4.78, 5) is 0. The summed E-state index contributed by atoms with van der Waals surface area (Å²) in [5, 5.41) is 27.1. The summed E-state index contributed by atoms with van der Waals surface area (Å²) >= 11 is 0. The van der Waals surface area contributed by atoms with Crippen molar-refractivity contribution in [3.8, 4) is 0 Å². The lowest BCUT2D eigenvalue weighted by atomic mass is 9.94. The lowest BCUT2D eigenvalue weighted by molar-refractivity contribution is -0.407. The third-order valence-corrected chi connectivity index (χ3v) is 2.11. The standard InChI is InChI=1S/C6H10O5/c7-1-2-3(8)5-4(9)6(10-2)11-5/h2-9H,1H2/t2-,3-,4-,5+,6+/m1/s1. The summed E-state index contributed by atoms with van der Waals surface area (Å²) in [5.74, 6) is 0. The number of fused-ring (bicyclic) bond motifs is 2. The van der Waals surface area contributed by atoms with Gasteiger partial charge in [-0.05, 0) is 0 Å². The Morgan fingerprint density at radius 2 is 1.82 bits per heavy atom.